The van der Waals surface area contributed by atoms with Crippen molar-refractivity contribution in [2.45, 2.75) is 52.1 Å². The zero-order valence-corrected chi connectivity index (χ0v) is 15.1. The van der Waals surface area contributed by atoms with E-state index in [4.69, 9.17) is 0 Å². The molecule has 0 radical (unpaired) electrons. The van der Waals surface area contributed by atoms with E-state index in [0.29, 0.717) is 6.17 Å². The number of anilines is 1. The quantitative estimate of drug-likeness (QED) is 0.845. The van der Waals surface area contributed by atoms with Gasteiger partial charge in [0, 0.05) is 23.6 Å². The maximum Gasteiger partial charge on any atom is 0.0991 e. The summed E-state index contributed by atoms with van der Waals surface area (Å²) in [7, 11) is 6.51. The molecule has 120 valence electrons. The van der Waals surface area contributed by atoms with Crippen LogP contribution in [-0.4, -0.2) is 32.2 Å². The predicted molar refractivity (Wildman–Crippen MR) is 93.1 cm³/mol. The van der Waals surface area contributed by atoms with Gasteiger partial charge in [-0.05, 0) is 50.7 Å². The van der Waals surface area contributed by atoms with Crippen molar-refractivity contribution in [3.8, 4) is 6.07 Å². The van der Waals surface area contributed by atoms with Gasteiger partial charge >= 0.3 is 0 Å². The van der Waals surface area contributed by atoms with Gasteiger partial charge in [-0.2, -0.15) is 5.26 Å². The highest BCUT2D eigenvalue weighted by atomic mass is 15.3. The van der Waals surface area contributed by atoms with E-state index < -0.39 is 0 Å². The summed E-state index contributed by atoms with van der Waals surface area (Å²) in [5.41, 5.74) is 3.49. The van der Waals surface area contributed by atoms with Crippen LogP contribution >= 0.6 is 0 Å². The van der Waals surface area contributed by atoms with Crippen molar-refractivity contribution in [3.05, 3.63) is 29.3 Å². The van der Waals surface area contributed by atoms with Crippen LogP contribution in [0.15, 0.2) is 18.2 Å². The fraction of sp³-hybridized carbons (Fsp3) is 0.632. The number of hydrogen-bond acceptors (Lipinski definition) is 3. The molecule has 3 heteroatoms. The molecule has 0 saturated carbocycles. The standard InChI is InChI=1S/C19H29N3/c1-8-18(3)15-12-14(13-20)10-11-16(15)22(7)17(21(5)6)19(18,4)9-2/h10-12,17H,8-9H2,1-7H3. The molecule has 3 atom stereocenters. The van der Waals surface area contributed by atoms with Gasteiger partial charge in [0.15, 0.2) is 0 Å². The summed E-state index contributed by atoms with van der Waals surface area (Å²) in [4.78, 5) is 4.72. The topological polar surface area (TPSA) is 30.3 Å². The first kappa shape index (κ1) is 16.8. The van der Waals surface area contributed by atoms with Gasteiger partial charge in [-0.25, -0.2) is 0 Å². The van der Waals surface area contributed by atoms with Crippen LogP contribution in [0.2, 0.25) is 0 Å². The molecule has 1 aliphatic heterocycles. The van der Waals surface area contributed by atoms with Crippen molar-refractivity contribution in [1.29, 1.82) is 5.26 Å². The van der Waals surface area contributed by atoms with Crippen LogP contribution in [0, 0.1) is 16.7 Å². The van der Waals surface area contributed by atoms with Crippen molar-refractivity contribution in [2.75, 3.05) is 26.0 Å². The van der Waals surface area contributed by atoms with E-state index in [1.54, 1.807) is 0 Å². The molecule has 0 saturated heterocycles. The maximum atomic E-state index is 9.30. The Hall–Kier alpha value is -1.53. The Morgan fingerprint density at radius 1 is 1.23 bits per heavy atom. The molecule has 0 fully saturated rings. The molecule has 1 aliphatic rings. The number of benzene rings is 1. The second-order valence-electron chi connectivity index (χ2n) is 7.25. The summed E-state index contributed by atoms with van der Waals surface area (Å²) >= 11 is 0. The lowest BCUT2D eigenvalue weighted by atomic mass is 9.55. The Balaban J connectivity index is 2.80. The Kier molecular flexibility index (Phi) is 4.28. The molecule has 3 nitrogen and oxygen atoms in total. The van der Waals surface area contributed by atoms with Crippen molar-refractivity contribution in [1.82, 2.24) is 4.90 Å². The summed E-state index contributed by atoms with van der Waals surface area (Å²) in [5, 5.41) is 9.30. The molecule has 0 bridgehead atoms. The molecule has 1 heterocycles. The minimum atomic E-state index is 0.0470. The fourth-order valence-corrected chi connectivity index (χ4v) is 4.59. The van der Waals surface area contributed by atoms with E-state index in [-0.39, 0.29) is 10.8 Å². The van der Waals surface area contributed by atoms with Crippen LogP contribution in [0.3, 0.4) is 0 Å². The minimum absolute atomic E-state index is 0.0470. The second kappa shape index (κ2) is 5.59. The molecule has 0 spiro atoms. The fourth-order valence-electron chi connectivity index (χ4n) is 4.59. The van der Waals surface area contributed by atoms with Crippen LogP contribution in [0.4, 0.5) is 5.69 Å². The number of hydrogen-bond donors (Lipinski definition) is 0. The summed E-state index contributed by atoms with van der Waals surface area (Å²) in [6.07, 6.45) is 2.50. The van der Waals surface area contributed by atoms with Crippen LogP contribution in [0.25, 0.3) is 0 Å². The normalized spacial score (nSPS) is 31.0. The molecular formula is C19H29N3. The van der Waals surface area contributed by atoms with E-state index in [1.165, 1.54) is 11.3 Å². The number of fused-ring (bicyclic) bond motifs is 1. The van der Waals surface area contributed by atoms with Crippen molar-refractivity contribution < 1.29 is 0 Å². The third kappa shape index (κ3) is 2.05. The third-order valence-corrected chi connectivity index (χ3v) is 6.23. The van der Waals surface area contributed by atoms with Gasteiger partial charge in [-0.3, -0.25) is 4.90 Å². The highest BCUT2D eigenvalue weighted by Gasteiger charge is 2.55. The molecule has 2 rings (SSSR count). The molecule has 0 amide bonds. The molecular weight excluding hydrogens is 270 g/mol. The average molecular weight is 299 g/mol. The molecule has 1 aromatic carbocycles. The molecule has 3 unspecified atom stereocenters. The molecule has 0 aliphatic carbocycles. The van der Waals surface area contributed by atoms with E-state index in [0.717, 1.165) is 18.4 Å². The second-order valence-corrected chi connectivity index (χ2v) is 7.25. The number of rotatable bonds is 3. The highest BCUT2D eigenvalue weighted by molar-refractivity contribution is 5.63. The summed E-state index contributed by atoms with van der Waals surface area (Å²) in [6, 6.07) is 8.47. The highest BCUT2D eigenvalue weighted by Crippen LogP contribution is 2.56. The van der Waals surface area contributed by atoms with Gasteiger partial charge in [0.25, 0.3) is 0 Å². The van der Waals surface area contributed by atoms with E-state index in [2.05, 4.69) is 76.8 Å². The third-order valence-electron chi connectivity index (χ3n) is 6.23. The summed E-state index contributed by atoms with van der Waals surface area (Å²) in [6.45, 7) is 9.34. The van der Waals surface area contributed by atoms with Crippen molar-refractivity contribution in [2.24, 2.45) is 5.41 Å². The lowest BCUT2D eigenvalue weighted by Gasteiger charge is -2.60. The SMILES string of the molecule is CCC1(C)c2cc(C#N)ccc2N(C)C(N(C)C)C1(C)CC. The van der Waals surface area contributed by atoms with Crippen LogP contribution in [0.5, 0.6) is 0 Å². The van der Waals surface area contributed by atoms with Gasteiger partial charge in [-0.1, -0.05) is 27.7 Å². The number of nitriles is 1. The van der Waals surface area contributed by atoms with Gasteiger partial charge in [0.05, 0.1) is 17.8 Å². The van der Waals surface area contributed by atoms with Gasteiger partial charge < -0.3 is 4.90 Å². The Labute approximate surface area is 135 Å². The first-order valence-corrected chi connectivity index (χ1v) is 8.20. The van der Waals surface area contributed by atoms with Crippen LogP contribution < -0.4 is 4.90 Å². The Morgan fingerprint density at radius 3 is 2.32 bits per heavy atom. The molecule has 0 aromatic heterocycles. The zero-order valence-electron chi connectivity index (χ0n) is 15.1. The largest absolute Gasteiger partial charge is 0.358 e. The predicted octanol–water partition coefficient (Wildman–Crippen LogP) is 3.98. The van der Waals surface area contributed by atoms with E-state index >= 15 is 0 Å². The number of nitrogens with zero attached hydrogens (tertiary/aromatic N) is 3. The average Bonchev–Trinajstić information content (AvgIpc) is 2.51. The molecule has 0 N–H and O–H groups in total. The molecule has 1 aromatic rings. The smallest absolute Gasteiger partial charge is 0.0991 e. The van der Waals surface area contributed by atoms with Gasteiger partial charge in [0.1, 0.15) is 0 Å². The van der Waals surface area contributed by atoms with Crippen molar-refractivity contribution in [3.63, 3.8) is 0 Å². The van der Waals surface area contributed by atoms with Crippen LogP contribution in [0.1, 0.15) is 51.7 Å². The summed E-state index contributed by atoms with van der Waals surface area (Å²) < 4.78 is 0. The van der Waals surface area contributed by atoms with Gasteiger partial charge in [-0.15, -0.1) is 0 Å². The first-order chi connectivity index (χ1) is 10.3. The van der Waals surface area contributed by atoms with E-state index in [1.807, 2.05) is 6.07 Å². The van der Waals surface area contributed by atoms with Crippen LogP contribution in [-0.2, 0) is 5.41 Å². The maximum absolute atomic E-state index is 9.30. The Bertz CT molecular complexity index is 601. The first-order valence-electron chi connectivity index (χ1n) is 8.20. The monoisotopic (exact) mass is 299 g/mol. The van der Waals surface area contributed by atoms with Gasteiger partial charge in [0.2, 0.25) is 0 Å². The Morgan fingerprint density at radius 2 is 1.86 bits per heavy atom. The zero-order chi connectivity index (χ0) is 16.7. The van der Waals surface area contributed by atoms with E-state index in [9.17, 15) is 5.26 Å². The molecule has 22 heavy (non-hydrogen) atoms. The summed E-state index contributed by atoms with van der Waals surface area (Å²) in [5.74, 6) is 0. The lowest BCUT2D eigenvalue weighted by Crippen LogP contribution is -2.64. The van der Waals surface area contributed by atoms with Crippen molar-refractivity contribution >= 4 is 5.69 Å². The lowest BCUT2D eigenvalue weighted by molar-refractivity contribution is 0.0209. The minimum Gasteiger partial charge on any atom is -0.358 e.